The molecule has 1 rings (SSSR count). The van der Waals surface area contributed by atoms with Crippen LogP contribution >= 0.6 is 22.6 Å². The van der Waals surface area contributed by atoms with E-state index in [1.807, 2.05) is 0 Å². The maximum atomic E-state index is 10.9. The Morgan fingerprint density at radius 2 is 2.31 bits per heavy atom. The Hall–Kier alpha value is 0.160. The molecule has 13 heavy (non-hydrogen) atoms. The van der Waals surface area contributed by atoms with Crippen LogP contribution in [0.15, 0.2) is 0 Å². The molecule has 0 amide bonds. The van der Waals surface area contributed by atoms with Crippen LogP contribution in [0.3, 0.4) is 0 Å². The number of hydrogen-bond donors (Lipinski definition) is 1. The number of esters is 1. The zero-order valence-electron chi connectivity index (χ0n) is 7.87. The van der Waals surface area contributed by atoms with Gasteiger partial charge in [-0.3, -0.25) is 0 Å². The Labute approximate surface area is 92.0 Å². The van der Waals surface area contributed by atoms with Crippen molar-refractivity contribution in [2.75, 3.05) is 0 Å². The minimum absolute atomic E-state index is 0.0921. The molecule has 0 unspecified atom stereocenters. The van der Waals surface area contributed by atoms with E-state index in [0.717, 1.165) is 6.42 Å². The van der Waals surface area contributed by atoms with Crippen molar-refractivity contribution in [3.63, 3.8) is 0 Å². The van der Waals surface area contributed by atoms with E-state index in [1.165, 1.54) is 0 Å². The maximum absolute atomic E-state index is 10.9. The molecule has 1 fully saturated rings. The van der Waals surface area contributed by atoms with Gasteiger partial charge in [-0.25, -0.2) is 4.79 Å². The summed E-state index contributed by atoms with van der Waals surface area (Å²) in [7, 11) is 0. The Kier molecular flexibility index (Phi) is 3.97. The molecular formula is C9H15IO3. The van der Waals surface area contributed by atoms with E-state index in [0.29, 0.717) is 16.3 Å². The molecule has 0 aromatic carbocycles. The Morgan fingerprint density at radius 3 is 2.69 bits per heavy atom. The van der Waals surface area contributed by atoms with Crippen LogP contribution in [-0.2, 0) is 9.53 Å². The van der Waals surface area contributed by atoms with Crippen LogP contribution in [0.5, 0.6) is 0 Å². The lowest BCUT2D eigenvalue weighted by molar-refractivity contribution is -0.147. The van der Waals surface area contributed by atoms with Gasteiger partial charge in [0, 0.05) is 10.3 Å². The van der Waals surface area contributed by atoms with Crippen molar-refractivity contribution in [1.82, 2.24) is 0 Å². The number of alkyl halides is 1. The van der Waals surface area contributed by atoms with Gasteiger partial charge in [-0.05, 0) is 12.3 Å². The van der Waals surface area contributed by atoms with Gasteiger partial charge in [-0.15, -0.1) is 0 Å². The molecule has 1 aliphatic rings. The van der Waals surface area contributed by atoms with Crippen molar-refractivity contribution in [1.29, 1.82) is 0 Å². The molecular weight excluding hydrogens is 283 g/mol. The van der Waals surface area contributed by atoms with Crippen molar-refractivity contribution < 1.29 is 14.6 Å². The van der Waals surface area contributed by atoms with Crippen molar-refractivity contribution in [3.05, 3.63) is 0 Å². The molecule has 76 valence electrons. The van der Waals surface area contributed by atoms with Gasteiger partial charge >= 0.3 is 5.97 Å². The highest BCUT2D eigenvalue weighted by Gasteiger charge is 2.36. The molecule has 1 saturated heterocycles. The summed E-state index contributed by atoms with van der Waals surface area (Å²) in [6, 6.07) is 0. The predicted molar refractivity (Wildman–Crippen MR) is 57.8 cm³/mol. The van der Waals surface area contributed by atoms with Crippen molar-refractivity contribution >= 4 is 28.6 Å². The fraction of sp³-hybridized carbons (Fsp3) is 0.889. The van der Waals surface area contributed by atoms with Crippen LogP contribution in [0.2, 0.25) is 0 Å². The fourth-order valence-electron chi connectivity index (χ4n) is 1.42. The molecule has 0 saturated carbocycles. The summed E-state index contributed by atoms with van der Waals surface area (Å²) in [5.74, 6) is 0.133. The van der Waals surface area contributed by atoms with E-state index < -0.39 is 12.1 Å². The van der Waals surface area contributed by atoms with Crippen LogP contribution in [0, 0.1) is 5.92 Å². The molecule has 4 heteroatoms. The molecule has 0 bridgehead atoms. The van der Waals surface area contributed by atoms with Gasteiger partial charge in [0.2, 0.25) is 0 Å². The van der Waals surface area contributed by atoms with Gasteiger partial charge in [0.1, 0.15) is 6.10 Å². The number of cyclic esters (lactones) is 1. The zero-order chi connectivity index (χ0) is 10.0. The molecule has 1 aliphatic heterocycles. The number of aliphatic hydroxyl groups excluding tert-OH is 1. The zero-order valence-corrected chi connectivity index (χ0v) is 10.0. The monoisotopic (exact) mass is 298 g/mol. The first-order chi connectivity index (χ1) is 6.00. The van der Waals surface area contributed by atoms with E-state index >= 15 is 0 Å². The van der Waals surface area contributed by atoms with Gasteiger partial charge in [-0.1, -0.05) is 36.4 Å². The van der Waals surface area contributed by atoms with Gasteiger partial charge in [0.05, 0.1) is 0 Å². The minimum atomic E-state index is -0.894. The number of aliphatic hydroxyl groups is 1. The van der Waals surface area contributed by atoms with Crippen LogP contribution < -0.4 is 0 Å². The van der Waals surface area contributed by atoms with Gasteiger partial charge in [0.25, 0.3) is 0 Å². The molecule has 0 aromatic heterocycles. The summed E-state index contributed by atoms with van der Waals surface area (Å²) in [5, 5.41) is 9.17. The minimum Gasteiger partial charge on any atom is -0.459 e. The predicted octanol–water partition coefficient (Wildman–Crippen LogP) is 1.51. The molecule has 0 radical (unpaired) electrons. The first-order valence-electron chi connectivity index (χ1n) is 4.53. The number of carbonyl (C=O) groups is 1. The molecule has 0 aromatic rings. The maximum Gasteiger partial charge on any atom is 0.335 e. The summed E-state index contributed by atoms with van der Waals surface area (Å²) >= 11 is 2.29. The Morgan fingerprint density at radius 1 is 1.69 bits per heavy atom. The summed E-state index contributed by atoms with van der Waals surface area (Å²) in [5.41, 5.74) is 0. The largest absolute Gasteiger partial charge is 0.459 e. The summed E-state index contributed by atoms with van der Waals surface area (Å²) < 4.78 is 5.36. The number of rotatable bonds is 3. The number of halogens is 1. The lowest BCUT2D eigenvalue weighted by atomic mass is 10.0. The molecule has 0 aliphatic carbocycles. The van der Waals surface area contributed by atoms with Crippen LogP contribution in [-0.4, -0.2) is 27.2 Å². The highest BCUT2D eigenvalue weighted by atomic mass is 127. The van der Waals surface area contributed by atoms with Crippen molar-refractivity contribution in [2.45, 2.75) is 42.8 Å². The smallest absolute Gasteiger partial charge is 0.335 e. The lowest BCUT2D eigenvalue weighted by Crippen LogP contribution is -2.21. The third-order valence-electron chi connectivity index (χ3n) is 2.10. The normalized spacial score (nSPS) is 30.7. The first-order valence-corrected chi connectivity index (χ1v) is 5.78. The first kappa shape index (κ1) is 11.2. The van der Waals surface area contributed by atoms with Crippen molar-refractivity contribution in [2.24, 2.45) is 5.92 Å². The number of carbonyl (C=O) groups excluding carboxylic acids is 1. The quantitative estimate of drug-likeness (QED) is 0.488. The third-order valence-corrected chi connectivity index (χ3v) is 3.41. The fourth-order valence-corrected chi connectivity index (χ4v) is 2.87. The number of hydrogen-bond acceptors (Lipinski definition) is 3. The molecule has 3 nitrogen and oxygen atoms in total. The average Bonchev–Trinajstić information content (AvgIpc) is 2.31. The summed E-state index contributed by atoms with van der Waals surface area (Å²) in [6.45, 7) is 4.28. The SMILES string of the molecule is CC(C)C[C@@H](I)[C@@H]1C[C@H](O)C(=O)O1. The molecule has 3 atom stereocenters. The van der Waals surface area contributed by atoms with Crippen LogP contribution in [0.1, 0.15) is 26.7 Å². The second-order valence-electron chi connectivity index (χ2n) is 3.87. The standard InChI is InChI=1S/C9H15IO3/c1-5(2)3-6(10)8-4-7(11)9(12)13-8/h5-8,11H,3-4H2,1-2H3/t6-,7+,8+/m1/s1. The highest BCUT2D eigenvalue weighted by molar-refractivity contribution is 14.1. The van der Waals surface area contributed by atoms with Gasteiger partial charge < -0.3 is 9.84 Å². The lowest BCUT2D eigenvalue weighted by Gasteiger charge is -2.17. The summed E-state index contributed by atoms with van der Waals surface area (Å²) in [4.78, 5) is 10.9. The van der Waals surface area contributed by atoms with Gasteiger partial charge in [0.15, 0.2) is 6.10 Å². The van der Waals surface area contributed by atoms with E-state index in [-0.39, 0.29) is 6.10 Å². The number of ether oxygens (including phenoxy) is 1. The van der Waals surface area contributed by atoms with E-state index in [1.54, 1.807) is 0 Å². The topological polar surface area (TPSA) is 46.5 Å². The average molecular weight is 298 g/mol. The van der Waals surface area contributed by atoms with E-state index in [2.05, 4.69) is 36.4 Å². The van der Waals surface area contributed by atoms with Gasteiger partial charge in [-0.2, -0.15) is 0 Å². The van der Waals surface area contributed by atoms with Crippen molar-refractivity contribution in [3.8, 4) is 0 Å². The van der Waals surface area contributed by atoms with Crippen LogP contribution in [0.4, 0.5) is 0 Å². The second kappa shape index (κ2) is 4.59. The molecule has 1 heterocycles. The second-order valence-corrected chi connectivity index (χ2v) is 5.47. The Bertz CT molecular complexity index is 193. The Balaban J connectivity index is 2.41. The molecule has 1 N–H and O–H groups in total. The highest BCUT2D eigenvalue weighted by Crippen LogP contribution is 2.27. The van der Waals surface area contributed by atoms with Crippen LogP contribution in [0.25, 0.3) is 0 Å². The third kappa shape index (κ3) is 3.09. The molecule has 0 spiro atoms. The summed E-state index contributed by atoms with van der Waals surface area (Å²) in [6.07, 6.45) is 0.490. The van der Waals surface area contributed by atoms with E-state index in [4.69, 9.17) is 4.74 Å². The van der Waals surface area contributed by atoms with E-state index in [9.17, 15) is 9.90 Å².